The molecule has 8 aromatic carbocycles. The maximum Gasteiger partial charge on any atom is 0.160 e. The lowest BCUT2D eigenvalue weighted by Gasteiger charge is -2.22. The fourth-order valence-corrected chi connectivity index (χ4v) is 8.70. The molecule has 0 aliphatic heterocycles. The second kappa shape index (κ2) is 12.5. The zero-order valence-electron chi connectivity index (χ0n) is 31.1. The monoisotopic (exact) mass is 716 g/mol. The zero-order valence-corrected chi connectivity index (χ0v) is 31.1. The summed E-state index contributed by atoms with van der Waals surface area (Å²) in [6.07, 6.45) is 0. The number of furan rings is 1. The molecule has 0 spiro atoms. The largest absolute Gasteiger partial charge is 0.456 e. The van der Waals surface area contributed by atoms with Crippen molar-refractivity contribution in [3.63, 3.8) is 0 Å². The Morgan fingerprint density at radius 2 is 1.02 bits per heavy atom. The quantitative estimate of drug-likeness (QED) is 0.178. The van der Waals surface area contributed by atoms with Crippen LogP contribution in [0.1, 0.15) is 25.0 Å². The number of benzene rings is 8. The van der Waals surface area contributed by atoms with Crippen molar-refractivity contribution in [1.82, 2.24) is 9.97 Å². The van der Waals surface area contributed by atoms with Crippen molar-refractivity contribution in [2.45, 2.75) is 19.3 Å². The highest BCUT2D eigenvalue weighted by atomic mass is 16.3. The summed E-state index contributed by atoms with van der Waals surface area (Å²) in [5.41, 5.74) is 14.3. The van der Waals surface area contributed by atoms with Crippen molar-refractivity contribution in [2.24, 2.45) is 0 Å². The standard InChI is InChI=1S/C53H36N2O/c1-53(2)45-20-11-19-43(51(45)44-29-35-14-6-7-15-36(35)30-46(44)53)48-32-47(54-52(55-48)33-12-4-3-5-13-33)40-25-24-38-26-37(22-23-39(38)27-40)34-17-10-18-41(28-34)50-31-42-16-8-9-21-49(42)56-50/h3-32H,1-2H3. The summed E-state index contributed by atoms with van der Waals surface area (Å²) in [5, 5.41) is 5.95. The van der Waals surface area contributed by atoms with Gasteiger partial charge in [0, 0.05) is 33.1 Å². The molecule has 0 unspecified atom stereocenters. The first-order valence-electron chi connectivity index (χ1n) is 19.2. The predicted molar refractivity (Wildman–Crippen MR) is 232 cm³/mol. The van der Waals surface area contributed by atoms with Crippen molar-refractivity contribution >= 4 is 32.5 Å². The Balaban J connectivity index is 1.02. The van der Waals surface area contributed by atoms with E-state index in [4.69, 9.17) is 14.4 Å². The molecule has 3 nitrogen and oxygen atoms in total. The van der Waals surface area contributed by atoms with Crippen LogP contribution in [0.2, 0.25) is 0 Å². The van der Waals surface area contributed by atoms with Gasteiger partial charge in [0.1, 0.15) is 11.3 Å². The third kappa shape index (κ3) is 5.27. The molecule has 0 fully saturated rings. The lowest BCUT2D eigenvalue weighted by Crippen LogP contribution is -2.14. The lowest BCUT2D eigenvalue weighted by atomic mass is 9.81. The van der Waals surface area contributed by atoms with Crippen LogP contribution in [-0.4, -0.2) is 9.97 Å². The van der Waals surface area contributed by atoms with Gasteiger partial charge in [-0.25, -0.2) is 9.97 Å². The molecule has 3 heteroatoms. The van der Waals surface area contributed by atoms with Gasteiger partial charge in [-0.15, -0.1) is 0 Å². The van der Waals surface area contributed by atoms with E-state index < -0.39 is 0 Å². The van der Waals surface area contributed by atoms with Crippen LogP contribution in [0.4, 0.5) is 0 Å². The molecule has 2 heterocycles. The van der Waals surface area contributed by atoms with Crippen LogP contribution in [0.5, 0.6) is 0 Å². The van der Waals surface area contributed by atoms with E-state index in [9.17, 15) is 0 Å². The molecule has 1 aliphatic carbocycles. The summed E-state index contributed by atoms with van der Waals surface area (Å²) in [4.78, 5) is 10.5. The van der Waals surface area contributed by atoms with Crippen molar-refractivity contribution in [3.05, 3.63) is 193 Å². The second-order valence-corrected chi connectivity index (χ2v) is 15.4. The molecule has 0 saturated heterocycles. The Hall–Kier alpha value is -7.10. The molecular weight excluding hydrogens is 681 g/mol. The molecule has 56 heavy (non-hydrogen) atoms. The molecule has 0 atom stereocenters. The molecule has 0 amide bonds. The summed E-state index contributed by atoms with van der Waals surface area (Å²) < 4.78 is 6.20. The van der Waals surface area contributed by atoms with Gasteiger partial charge in [-0.3, -0.25) is 0 Å². The Labute approximate surface area is 325 Å². The van der Waals surface area contributed by atoms with Gasteiger partial charge in [0.25, 0.3) is 0 Å². The van der Waals surface area contributed by atoms with E-state index in [0.717, 1.165) is 66.9 Å². The second-order valence-electron chi connectivity index (χ2n) is 15.4. The molecular formula is C53H36N2O. The van der Waals surface area contributed by atoms with Crippen LogP contribution in [0.15, 0.2) is 186 Å². The van der Waals surface area contributed by atoms with E-state index in [1.807, 2.05) is 24.3 Å². The maximum atomic E-state index is 6.20. The van der Waals surface area contributed by atoms with Crippen molar-refractivity contribution < 1.29 is 4.42 Å². The highest BCUT2D eigenvalue weighted by Crippen LogP contribution is 2.53. The third-order valence-corrected chi connectivity index (χ3v) is 11.6. The minimum absolute atomic E-state index is 0.144. The molecule has 11 rings (SSSR count). The molecule has 264 valence electrons. The first kappa shape index (κ1) is 32.3. The molecule has 0 bridgehead atoms. The lowest BCUT2D eigenvalue weighted by molar-refractivity contribution is 0.631. The van der Waals surface area contributed by atoms with E-state index in [2.05, 4.69) is 172 Å². The van der Waals surface area contributed by atoms with Crippen LogP contribution in [0.25, 0.3) is 100.0 Å². The van der Waals surface area contributed by atoms with Crippen molar-refractivity contribution in [3.8, 4) is 67.5 Å². The van der Waals surface area contributed by atoms with E-state index in [1.165, 1.54) is 38.4 Å². The van der Waals surface area contributed by atoms with Crippen LogP contribution in [0, 0.1) is 0 Å². The highest BCUT2D eigenvalue weighted by molar-refractivity contribution is 5.99. The van der Waals surface area contributed by atoms with Gasteiger partial charge in [-0.1, -0.05) is 147 Å². The first-order chi connectivity index (χ1) is 27.5. The van der Waals surface area contributed by atoms with Crippen molar-refractivity contribution in [1.29, 1.82) is 0 Å². The Morgan fingerprint density at radius 1 is 0.393 bits per heavy atom. The van der Waals surface area contributed by atoms with Gasteiger partial charge >= 0.3 is 0 Å². The van der Waals surface area contributed by atoms with Crippen LogP contribution in [-0.2, 0) is 5.41 Å². The Kier molecular flexibility index (Phi) is 7.20. The van der Waals surface area contributed by atoms with Crippen LogP contribution >= 0.6 is 0 Å². The van der Waals surface area contributed by atoms with Crippen molar-refractivity contribution in [2.75, 3.05) is 0 Å². The molecule has 0 N–H and O–H groups in total. The SMILES string of the molecule is CC1(C)c2cc3ccccc3cc2-c2c(-c3cc(-c4ccc5cc(-c6cccc(-c7cc8ccccc8o7)c6)ccc5c4)nc(-c4ccccc4)n3)cccc21. The number of rotatable bonds is 5. The summed E-state index contributed by atoms with van der Waals surface area (Å²) in [7, 11) is 0. The first-order valence-corrected chi connectivity index (χ1v) is 19.2. The topological polar surface area (TPSA) is 38.9 Å². The summed E-state index contributed by atoms with van der Waals surface area (Å²) in [6, 6.07) is 64.8. The van der Waals surface area contributed by atoms with Gasteiger partial charge in [-0.2, -0.15) is 0 Å². The fourth-order valence-electron chi connectivity index (χ4n) is 8.70. The van der Waals surface area contributed by atoms with Crippen LogP contribution in [0.3, 0.4) is 0 Å². The number of fused-ring (bicyclic) bond motifs is 6. The number of para-hydroxylation sites is 1. The average Bonchev–Trinajstić information content (AvgIpc) is 3.79. The minimum atomic E-state index is -0.144. The minimum Gasteiger partial charge on any atom is -0.456 e. The average molecular weight is 717 g/mol. The smallest absolute Gasteiger partial charge is 0.160 e. The highest BCUT2D eigenvalue weighted by Gasteiger charge is 2.37. The summed E-state index contributed by atoms with van der Waals surface area (Å²) in [5.74, 6) is 1.59. The molecule has 1 aliphatic rings. The van der Waals surface area contributed by atoms with Gasteiger partial charge in [0.05, 0.1) is 11.4 Å². The van der Waals surface area contributed by atoms with Gasteiger partial charge in [0.2, 0.25) is 0 Å². The molecule has 2 aromatic heterocycles. The zero-order chi connectivity index (χ0) is 37.4. The van der Waals surface area contributed by atoms with E-state index in [1.54, 1.807) is 0 Å². The summed E-state index contributed by atoms with van der Waals surface area (Å²) >= 11 is 0. The normalized spacial score (nSPS) is 13.0. The predicted octanol–water partition coefficient (Wildman–Crippen LogP) is 14.2. The number of hydrogen-bond donors (Lipinski definition) is 0. The Bertz CT molecular complexity index is 3140. The van der Waals surface area contributed by atoms with Gasteiger partial charge in [0.15, 0.2) is 5.82 Å². The maximum absolute atomic E-state index is 6.20. The van der Waals surface area contributed by atoms with E-state index in [-0.39, 0.29) is 5.41 Å². The number of nitrogens with zero attached hydrogens (tertiary/aromatic N) is 2. The van der Waals surface area contributed by atoms with Gasteiger partial charge in [-0.05, 0) is 103 Å². The van der Waals surface area contributed by atoms with E-state index in [0.29, 0.717) is 5.82 Å². The molecule has 0 saturated carbocycles. The van der Waals surface area contributed by atoms with Crippen LogP contribution < -0.4 is 0 Å². The van der Waals surface area contributed by atoms with E-state index >= 15 is 0 Å². The fraction of sp³-hybridized carbons (Fsp3) is 0.0566. The third-order valence-electron chi connectivity index (χ3n) is 11.6. The van der Waals surface area contributed by atoms with Gasteiger partial charge < -0.3 is 4.42 Å². The molecule has 0 radical (unpaired) electrons. The Morgan fingerprint density at radius 3 is 1.84 bits per heavy atom. The number of aromatic nitrogens is 2. The molecule has 10 aromatic rings. The number of hydrogen-bond acceptors (Lipinski definition) is 3. The summed E-state index contributed by atoms with van der Waals surface area (Å²) in [6.45, 7) is 4.68.